The molecular formula is C11H13N3O2S. The SMILES string of the molecule is Cc1ccc(-n2nc(N)cc2S(C)(=O)=O)cc1. The Morgan fingerprint density at radius 3 is 2.35 bits per heavy atom. The molecule has 0 aliphatic heterocycles. The van der Waals surface area contributed by atoms with Crippen LogP contribution in [0.5, 0.6) is 0 Å². The molecule has 2 N–H and O–H groups in total. The molecule has 5 nitrogen and oxygen atoms in total. The normalized spacial score (nSPS) is 11.6. The summed E-state index contributed by atoms with van der Waals surface area (Å²) in [4.78, 5) is 0. The molecule has 0 radical (unpaired) electrons. The average molecular weight is 251 g/mol. The molecule has 0 saturated carbocycles. The maximum absolute atomic E-state index is 11.6. The van der Waals surface area contributed by atoms with Gasteiger partial charge in [0.15, 0.2) is 14.9 Å². The molecule has 2 rings (SSSR count). The summed E-state index contributed by atoms with van der Waals surface area (Å²) in [6.45, 7) is 1.96. The van der Waals surface area contributed by atoms with Gasteiger partial charge in [0.05, 0.1) is 5.69 Å². The van der Waals surface area contributed by atoms with Gasteiger partial charge in [0.2, 0.25) is 0 Å². The lowest BCUT2D eigenvalue weighted by molar-refractivity contribution is 0.592. The van der Waals surface area contributed by atoms with Crippen LogP contribution in [0.15, 0.2) is 35.4 Å². The maximum Gasteiger partial charge on any atom is 0.192 e. The van der Waals surface area contributed by atoms with E-state index < -0.39 is 9.84 Å². The van der Waals surface area contributed by atoms with Gasteiger partial charge in [-0.25, -0.2) is 13.1 Å². The van der Waals surface area contributed by atoms with E-state index in [0.29, 0.717) is 5.69 Å². The average Bonchev–Trinajstić information content (AvgIpc) is 2.61. The van der Waals surface area contributed by atoms with Crippen LogP contribution in [0.4, 0.5) is 5.82 Å². The minimum atomic E-state index is -3.35. The number of hydrogen-bond donors (Lipinski definition) is 1. The molecule has 0 unspecified atom stereocenters. The number of hydrogen-bond acceptors (Lipinski definition) is 4. The highest BCUT2D eigenvalue weighted by atomic mass is 32.2. The lowest BCUT2D eigenvalue weighted by Gasteiger charge is -2.05. The number of nitrogens with two attached hydrogens (primary N) is 1. The molecule has 0 aliphatic carbocycles. The van der Waals surface area contributed by atoms with Crippen molar-refractivity contribution in [1.29, 1.82) is 0 Å². The monoisotopic (exact) mass is 251 g/mol. The molecule has 2 aromatic rings. The predicted molar refractivity (Wildman–Crippen MR) is 65.8 cm³/mol. The van der Waals surface area contributed by atoms with Crippen LogP contribution in [0.25, 0.3) is 5.69 Å². The third-order valence-corrected chi connectivity index (χ3v) is 3.40. The molecule has 0 aliphatic rings. The first-order valence-corrected chi connectivity index (χ1v) is 6.90. The van der Waals surface area contributed by atoms with Gasteiger partial charge in [-0.05, 0) is 19.1 Å². The summed E-state index contributed by atoms with van der Waals surface area (Å²) in [5.41, 5.74) is 7.31. The van der Waals surface area contributed by atoms with E-state index in [4.69, 9.17) is 5.73 Å². The third kappa shape index (κ3) is 2.31. The summed E-state index contributed by atoms with van der Waals surface area (Å²) in [6.07, 6.45) is 1.13. The zero-order valence-electron chi connectivity index (χ0n) is 9.58. The van der Waals surface area contributed by atoms with Crippen LogP contribution < -0.4 is 5.73 Å². The van der Waals surface area contributed by atoms with Crippen molar-refractivity contribution in [2.24, 2.45) is 0 Å². The zero-order chi connectivity index (χ0) is 12.6. The summed E-state index contributed by atoms with van der Waals surface area (Å²) < 4.78 is 24.5. The Bertz CT molecular complexity index is 642. The van der Waals surface area contributed by atoms with E-state index >= 15 is 0 Å². The van der Waals surface area contributed by atoms with Gasteiger partial charge in [0, 0.05) is 12.3 Å². The Balaban J connectivity index is 2.64. The van der Waals surface area contributed by atoms with Crippen LogP contribution in [0.2, 0.25) is 0 Å². The van der Waals surface area contributed by atoms with Crippen LogP contribution in [-0.4, -0.2) is 24.5 Å². The van der Waals surface area contributed by atoms with Gasteiger partial charge in [-0.2, -0.15) is 0 Å². The van der Waals surface area contributed by atoms with Crippen molar-refractivity contribution in [3.8, 4) is 5.69 Å². The second-order valence-electron chi connectivity index (χ2n) is 3.93. The van der Waals surface area contributed by atoms with Gasteiger partial charge >= 0.3 is 0 Å². The molecule has 6 heteroatoms. The van der Waals surface area contributed by atoms with E-state index in [9.17, 15) is 8.42 Å². The smallest absolute Gasteiger partial charge is 0.192 e. The minimum absolute atomic E-state index is 0.0962. The summed E-state index contributed by atoms with van der Waals surface area (Å²) >= 11 is 0. The Labute approximate surface area is 99.8 Å². The first-order valence-electron chi connectivity index (χ1n) is 5.00. The highest BCUT2D eigenvalue weighted by Gasteiger charge is 2.17. The Morgan fingerprint density at radius 2 is 1.82 bits per heavy atom. The molecule has 17 heavy (non-hydrogen) atoms. The molecule has 1 heterocycles. The van der Waals surface area contributed by atoms with Gasteiger partial charge in [0.1, 0.15) is 5.82 Å². The zero-order valence-corrected chi connectivity index (χ0v) is 10.4. The lowest BCUT2D eigenvalue weighted by Crippen LogP contribution is -2.07. The molecule has 90 valence electrons. The van der Waals surface area contributed by atoms with Crippen LogP contribution in [0, 0.1) is 6.92 Å². The number of sulfone groups is 1. The molecule has 0 amide bonds. The summed E-state index contributed by atoms with van der Waals surface area (Å²) in [5.74, 6) is 0.186. The summed E-state index contributed by atoms with van der Waals surface area (Å²) in [7, 11) is -3.35. The quantitative estimate of drug-likeness (QED) is 0.869. The number of nitrogen functional groups attached to an aromatic ring is 1. The van der Waals surface area contributed by atoms with Crippen molar-refractivity contribution >= 4 is 15.7 Å². The minimum Gasteiger partial charge on any atom is -0.382 e. The molecule has 1 aromatic heterocycles. The molecular weight excluding hydrogens is 238 g/mol. The van der Waals surface area contributed by atoms with Crippen molar-refractivity contribution in [3.05, 3.63) is 35.9 Å². The van der Waals surface area contributed by atoms with E-state index in [1.165, 1.54) is 10.7 Å². The first-order chi connectivity index (χ1) is 7.88. The molecule has 0 fully saturated rings. The number of aromatic nitrogens is 2. The molecule has 0 bridgehead atoms. The Kier molecular flexibility index (Phi) is 2.66. The molecule has 1 aromatic carbocycles. The van der Waals surface area contributed by atoms with Gasteiger partial charge in [-0.15, -0.1) is 5.10 Å². The summed E-state index contributed by atoms with van der Waals surface area (Å²) in [6, 6.07) is 8.74. The Morgan fingerprint density at radius 1 is 1.24 bits per heavy atom. The van der Waals surface area contributed by atoms with Gasteiger partial charge in [0.25, 0.3) is 0 Å². The van der Waals surface area contributed by atoms with Crippen molar-refractivity contribution in [2.75, 3.05) is 12.0 Å². The van der Waals surface area contributed by atoms with E-state index in [1.807, 2.05) is 19.1 Å². The van der Waals surface area contributed by atoms with Crippen LogP contribution >= 0.6 is 0 Å². The maximum atomic E-state index is 11.6. The van der Waals surface area contributed by atoms with Crippen molar-refractivity contribution in [1.82, 2.24) is 9.78 Å². The van der Waals surface area contributed by atoms with Crippen LogP contribution in [-0.2, 0) is 9.84 Å². The second kappa shape index (κ2) is 3.89. The largest absolute Gasteiger partial charge is 0.382 e. The fourth-order valence-corrected chi connectivity index (χ4v) is 2.31. The van der Waals surface area contributed by atoms with Gasteiger partial charge in [-0.1, -0.05) is 17.7 Å². The predicted octanol–water partition coefficient (Wildman–Crippen LogP) is 1.17. The number of rotatable bonds is 2. The Hall–Kier alpha value is -1.82. The van der Waals surface area contributed by atoms with Crippen molar-refractivity contribution < 1.29 is 8.42 Å². The van der Waals surface area contributed by atoms with E-state index in [2.05, 4.69) is 5.10 Å². The highest BCUT2D eigenvalue weighted by molar-refractivity contribution is 7.90. The number of anilines is 1. The summed E-state index contributed by atoms with van der Waals surface area (Å²) in [5, 5.41) is 4.09. The van der Waals surface area contributed by atoms with Crippen LogP contribution in [0.3, 0.4) is 0 Å². The van der Waals surface area contributed by atoms with Gasteiger partial charge < -0.3 is 5.73 Å². The fourth-order valence-electron chi connectivity index (χ4n) is 1.52. The molecule has 0 atom stereocenters. The first kappa shape index (κ1) is 11.7. The number of benzene rings is 1. The molecule has 0 saturated heterocycles. The fraction of sp³-hybridized carbons (Fsp3) is 0.182. The lowest BCUT2D eigenvalue weighted by atomic mass is 10.2. The van der Waals surface area contributed by atoms with E-state index in [-0.39, 0.29) is 10.8 Å². The topological polar surface area (TPSA) is 78.0 Å². The standard InChI is InChI=1S/C11H13N3O2S/c1-8-3-5-9(6-4-8)14-11(17(2,15)16)7-10(12)13-14/h3-7H,1-2H3,(H2,12,13). The molecule has 0 spiro atoms. The number of aryl methyl sites for hydroxylation is 1. The third-order valence-electron chi connectivity index (χ3n) is 2.35. The second-order valence-corrected chi connectivity index (χ2v) is 5.89. The van der Waals surface area contributed by atoms with E-state index in [1.54, 1.807) is 12.1 Å². The van der Waals surface area contributed by atoms with Gasteiger partial charge in [-0.3, -0.25) is 0 Å². The number of nitrogens with zero attached hydrogens (tertiary/aromatic N) is 2. The van der Waals surface area contributed by atoms with Crippen LogP contribution in [0.1, 0.15) is 5.56 Å². The van der Waals surface area contributed by atoms with Crippen molar-refractivity contribution in [3.63, 3.8) is 0 Å². The van der Waals surface area contributed by atoms with Crippen molar-refractivity contribution in [2.45, 2.75) is 11.9 Å². The van der Waals surface area contributed by atoms with E-state index in [0.717, 1.165) is 11.8 Å². The highest BCUT2D eigenvalue weighted by Crippen LogP contribution is 2.18.